The summed E-state index contributed by atoms with van der Waals surface area (Å²) in [5.41, 5.74) is 1.55. The number of hydrogen-bond donors (Lipinski definition) is 1. The highest BCUT2D eigenvalue weighted by Crippen LogP contribution is 2.37. The van der Waals surface area contributed by atoms with Crippen LogP contribution >= 0.6 is 0 Å². The van der Waals surface area contributed by atoms with Crippen LogP contribution in [-0.4, -0.2) is 58.4 Å². The summed E-state index contributed by atoms with van der Waals surface area (Å²) in [5.74, 6) is 0.835. The van der Waals surface area contributed by atoms with Gasteiger partial charge >= 0.3 is 6.03 Å². The minimum absolute atomic E-state index is 0.0289. The summed E-state index contributed by atoms with van der Waals surface area (Å²) in [5, 5.41) is 3.16. The number of likely N-dealkylation sites (tertiary alicyclic amines) is 1. The average molecular weight is 455 g/mol. The number of aromatic nitrogens is 1. The van der Waals surface area contributed by atoms with Gasteiger partial charge in [-0.3, -0.25) is 14.7 Å². The summed E-state index contributed by atoms with van der Waals surface area (Å²) in [7, 11) is 0. The Bertz CT molecular complexity index is 813. The van der Waals surface area contributed by atoms with E-state index in [1.165, 1.54) is 16.9 Å². The number of rotatable bonds is 11. The summed E-state index contributed by atoms with van der Waals surface area (Å²) >= 11 is 0. The number of carbonyl (C=O) groups is 2. The summed E-state index contributed by atoms with van der Waals surface area (Å²) in [6, 6.07) is 5.51. The van der Waals surface area contributed by atoms with Gasteiger partial charge in [0.25, 0.3) is 5.91 Å². The molecular formula is C27H42N4O2. The lowest BCUT2D eigenvalue weighted by Crippen LogP contribution is -2.56. The van der Waals surface area contributed by atoms with Crippen LogP contribution in [-0.2, 0) is 11.2 Å². The minimum Gasteiger partial charge on any atom is -0.323 e. The highest BCUT2D eigenvalue weighted by atomic mass is 16.2. The molecule has 0 unspecified atom stereocenters. The van der Waals surface area contributed by atoms with Crippen molar-refractivity contribution >= 4 is 11.9 Å². The third-order valence-corrected chi connectivity index (χ3v) is 7.23. The summed E-state index contributed by atoms with van der Waals surface area (Å²) in [6.07, 6.45) is 10.5. The van der Waals surface area contributed by atoms with Crippen molar-refractivity contribution in [2.24, 2.45) is 11.8 Å². The molecule has 2 aliphatic heterocycles. The Labute approximate surface area is 199 Å². The quantitative estimate of drug-likeness (QED) is 0.385. The smallest absolute Gasteiger partial charge is 0.323 e. The molecule has 2 aliphatic rings. The van der Waals surface area contributed by atoms with Crippen LogP contribution < -0.4 is 5.32 Å². The second kappa shape index (κ2) is 11.8. The van der Waals surface area contributed by atoms with Gasteiger partial charge in [0.2, 0.25) is 0 Å². The number of hydrogen-bond acceptors (Lipinski definition) is 4. The predicted molar refractivity (Wildman–Crippen MR) is 133 cm³/mol. The summed E-state index contributed by atoms with van der Waals surface area (Å²) < 4.78 is 0. The van der Waals surface area contributed by atoms with Crippen LogP contribution in [0.4, 0.5) is 4.79 Å². The van der Waals surface area contributed by atoms with E-state index in [4.69, 9.17) is 0 Å². The first kappa shape index (κ1) is 25.4. The zero-order valence-electron chi connectivity index (χ0n) is 21.0. The van der Waals surface area contributed by atoms with Crippen molar-refractivity contribution < 1.29 is 9.59 Å². The highest BCUT2D eigenvalue weighted by molar-refractivity contribution is 6.07. The molecule has 3 amide bonds. The fourth-order valence-corrected chi connectivity index (χ4v) is 5.46. The van der Waals surface area contributed by atoms with Crippen molar-refractivity contribution in [2.75, 3.05) is 26.2 Å². The molecule has 2 fully saturated rings. The Hall–Kier alpha value is -2.21. The van der Waals surface area contributed by atoms with Crippen LogP contribution in [0.5, 0.6) is 0 Å². The van der Waals surface area contributed by atoms with Gasteiger partial charge in [0.05, 0.1) is 0 Å². The Morgan fingerprint density at radius 2 is 2.03 bits per heavy atom. The van der Waals surface area contributed by atoms with Crippen LogP contribution in [0.15, 0.2) is 36.0 Å². The van der Waals surface area contributed by atoms with Crippen molar-refractivity contribution in [1.82, 2.24) is 20.1 Å². The molecule has 2 saturated heterocycles. The lowest BCUT2D eigenvalue weighted by molar-refractivity contribution is -0.134. The Kier molecular flexibility index (Phi) is 9.07. The molecule has 0 spiro atoms. The standard InChI is InChI=1S/C27H42N4O2/c1-5-15-27(23-12-17-30(18-13-23)20-22(4)10-8-9-21(2)3)25(32)31(26(33)29-27)19-14-24-11-6-7-16-28-24/h6-7,9,11,16,22-23H,5,8,10,12-15,17-20H2,1-4H3,(H,29,33)/t22-,27+/m1/s1. The van der Waals surface area contributed by atoms with Crippen molar-refractivity contribution in [1.29, 1.82) is 0 Å². The Morgan fingerprint density at radius 1 is 1.27 bits per heavy atom. The monoisotopic (exact) mass is 454 g/mol. The highest BCUT2D eigenvalue weighted by Gasteiger charge is 2.55. The van der Waals surface area contributed by atoms with Crippen molar-refractivity contribution in [3.8, 4) is 0 Å². The van der Waals surface area contributed by atoms with Gasteiger partial charge in [-0.25, -0.2) is 4.79 Å². The van der Waals surface area contributed by atoms with Crippen LogP contribution in [0.25, 0.3) is 0 Å². The molecule has 0 bridgehead atoms. The molecule has 0 aromatic carbocycles. The maximum atomic E-state index is 13.6. The summed E-state index contributed by atoms with van der Waals surface area (Å²) in [4.78, 5) is 34.8. The largest absolute Gasteiger partial charge is 0.325 e. The Balaban J connectivity index is 1.57. The molecule has 2 atom stereocenters. The van der Waals surface area contributed by atoms with E-state index in [0.29, 0.717) is 25.3 Å². The molecule has 182 valence electrons. The second-order valence-electron chi connectivity index (χ2n) is 10.2. The first-order chi connectivity index (χ1) is 15.9. The molecule has 3 heterocycles. The number of carbonyl (C=O) groups excluding carboxylic acids is 2. The number of nitrogens with zero attached hydrogens (tertiary/aromatic N) is 3. The Morgan fingerprint density at radius 3 is 2.67 bits per heavy atom. The van der Waals surface area contributed by atoms with Crippen molar-refractivity contribution in [2.45, 2.75) is 78.2 Å². The lowest BCUT2D eigenvalue weighted by Gasteiger charge is -2.41. The number of nitrogens with one attached hydrogen (secondary N) is 1. The molecule has 6 nitrogen and oxygen atoms in total. The van der Waals surface area contributed by atoms with Crippen LogP contribution in [0.3, 0.4) is 0 Å². The van der Waals surface area contributed by atoms with Crippen LogP contribution in [0, 0.1) is 11.8 Å². The zero-order valence-corrected chi connectivity index (χ0v) is 21.0. The average Bonchev–Trinajstić information content (AvgIpc) is 3.03. The van der Waals surface area contributed by atoms with Gasteiger partial charge in [-0.1, -0.05) is 38.0 Å². The number of piperidine rings is 1. The third kappa shape index (κ3) is 6.44. The van der Waals surface area contributed by atoms with Gasteiger partial charge in [-0.05, 0) is 83.0 Å². The van der Waals surface area contributed by atoms with E-state index in [1.54, 1.807) is 6.20 Å². The first-order valence-electron chi connectivity index (χ1n) is 12.8. The molecule has 0 saturated carbocycles. The molecule has 33 heavy (non-hydrogen) atoms. The molecule has 0 aliphatic carbocycles. The normalized spacial score (nSPS) is 23.0. The maximum absolute atomic E-state index is 13.6. The predicted octanol–water partition coefficient (Wildman–Crippen LogP) is 4.81. The molecule has 1 N–H and O–H groups in total. The van der Waals surface area contributed by atoms with E-state index in [9.17, 15) is 9.59 Å². The molecular weight excluding hydrogens is 412 g/mol. The van der Waals surface area contributed by atoms with E-state index < -0.39 is 5.54 Å². The first-order valence-corrected chi connectivity index (χ1v) is 12.8. The van der Waals surface area contributed by atoms with Gasteiger partial charge in [0.15, 0.2) is 0 Å². The fourth-order valence-electron chi connectivity index (χ4n) is 5.46. The second-order valence-corrected chi connectivity index (χ2v) is 10.2. The lowest BCUT2D eigenvalue weighted by atomic mass is 9.74. The van der Waals surface area contributed by atoms with E-state index in [-0.39, 0.29) is 17.9 Å². The van der Waals surface area contributed by atoms with E-state index >= 15 is 0 Å². The SMILES string of the molecule is CCC[C@@]1(C2CCN(C[C@H](C)CCC=C(C)C)CC2)NC(=O)N(CCc2ccccn2)C1=O. The van der Waals surface area contributed by atoms with Crippen molar-refractivity contribution in [3.63, 3.8) is 0 Å². The fraction of sp³-hybridized carbons (Fsp3) is 0.667. The van der Waals surface area contributed by atoms with E-state index in [0.717, 1.165) is 51.0 Å². The summed E-state index contributed by atoms with van der Waals surface area (Å²) in [6.45, 7) is 12.2. The van der Waals surface area contributed by atoms with Gasteiger partial charge in [0, 0.05) is 31.4 Å². The van der Waals surface area contributed by atoms with E-state index in [2.05, 4.69) is 49.0 Å². The third-order valence-electron chi connectivity index (χ3n) is 7.23. The molecule has 1 aromatic heterocycles. The molecule has 1 aromatic rings. The number of pyridine rings is 1. The number of urea groups is 1. The van der Waals surface area contributed by atoms with Crippen LogP contribution in [0.1, 0.15) is 71.9 Å². The van der Waals surface area contributed by atoms with Crippen molar-refractivity contribution in [3.05, 3.63) is 41.7 Å². The molecule has 6 heteroatoms. The van der Waals surface area contributed by atoms with Gasteiger partial charge in [-0.2, -0.15) is 0 Å². The van der Waals surface area contributed by atoms with Gasteiger partial charge in [0.1, 0.15) is 5.54 Å². The number of imide groups is 1. The van der Waals surface area contributed by atoms with Crippen LogP contribution in [0.2, 0.25) is 0 Å². The molecule has 0 radical (unpaired) electrons. The maximum Gasteiger partial charge on any atom is 0.325 e. The zero-order chi connectivity index (χ0) is 23.8. The van der Waals surface area contributed by atoms with E-state index in [1.807, 2.05) is 18.2 Å². The minimum atomic E-state index is -0.739. The number of allylic oxidation sites excluding steroid dienone is 2. The van der Waals surface area contributed by atoms with Gasteiger partial charge < -0.3 is 10.2 Å². The topological polar surface area (TPSA) is 65.5 Å². The van der Waals surface area contributed by atoms with Gasteiger partial charge in [-0.15, -0.1) is 0 Å². The molecule has 3 rings (SSSR count). The number of amides is 3.